The van der Waals surface area contributed by atoms with Crippen LogP contribution in [0.15, 0.2) is 47.5 Å². The first-order chi connectivity index (χ1) is 12.1. The van der Waals surface area contributed by atoms with E-state index in [1.165, 1.54) is 0 Å². The number of para-hydroxylation sites is 1. The Bertz CT molecular complexity index is 803. The predicted octanol–water partition coefficient (Wildman–Crippen LogP) is 3.96. The Morgan fingerprint density at radius 3 is 2.72 bits per heavy atom. The van der Waals surface area contributed by atoms with Gasteiger partial charge in [-0.25, -0.2) is 4.68 Å². The van der Waals surface area contributed by atoms with E-state index in [1.807, 2.05) is 50.3 Å². The molecule has 0 aliphatic rings. The highest BCUT2D eigenvalue weighted by Gasteiger charge is 2.15. The van der Waals surface area contributed by atoms with Crippen LogP contribution in [0, 0.1) is 19.8 Å². The van der Waals surface area contributed by atoms with E-state index in [0.29, 0.717) is 29.5 Å². The molecule has 0 unspecified atom stereocenters. The van der Waals surface area contributed by atoms with Crippen molar-refractivity contribution in [2.24, 2.45) is 0 Å². The molecule has 0 saturated heterocycles. The molecule has 0 radical (unpaired) electrons. The van der Waals surface area contributed by atoms with Gasteiger partial charge in [-0.15, -0.1) is 12.8 Å². The maximum absolute atomic E-state index is 10.8. The predicted molar refractivity (Wildman–Crippen MR) is 105 cm³/mol. The first kappa shape index (κ1) is 20.1. The van der Waals surface area contributed by atoms with Crippen LogP contribution < -0.4 is 11.1 Å². The van der Waals surface area contributed by atoms with Gasteiger partial charge in [-0.2, -0.15) is 5.10 Å². The minimum absolute atomic E-state index is 0.514. The van der Waals surface area contributed by atoms with Crippen LogP contribution in [0.4, 0.5) is 11.5 Å². The smallest absolute Gasteiger partial charge is 0.211 e. The summed E-state index contributed by atoms with van der Waals surface area (Å²) in [5.41, 5.74) is 9.29. The van der Waals surface area contributed by atoms with Crippen LogP contribution >= 0.6 is 11.6 Å². The molecule has 25 heavy (non-hydrogen) atoms. The van der Waals surface area contributed by atoms with Crippen molar-refractivity contribution in [1.29, 1.82) is 0 Å². The van der Waals surface area contributed by atoms with Gasteiger partial charge in [0.15, 0.2) is 0 Å². The molecule has 1 aromatic carbocycles. The quantitative estimate of drug-likeness (QED) is 0.467. The first-order valence-corrected chi connectivity index (χ1v) is 7.90. The van der Waals surface area contributed by atoms with Crippen LogP contribution in [0.5, 0.6) is 0 Å². The minimum Gasteiger partial charge on any atom is -0.384 e. The molecule has 3 N–H and O–H groups in total. The number of carbonyl (C=O) groups is 1. The molecule has 6 heteroatoms. The number of nitrogens with two attached hydrogens (primary N) is 1. The number of hydrogen-bond donors (Lipinski definition) is 2. The molecule has 1 aromatic heterocycles. The second-order valence-corrected chi connectivity index (χ2v) is 5.36. The van der Waals surface area contributed by atoms with Gasteiger partial charge >= 0.3 is 0 Å². The second kappa shape index (κ2) is 10.0. The van der Waals surface area contributed by atoms with E-state index in [1.54, 1.807) is 10.8 Å². The largest absolute Gasteiger partial charge is 0.384 e. The lowest BCUT2D eigenvalue weighted by molar-refractivity contribution is -0.105. The summed E-state index contributed by atoms with van der Waals surface area (Å²) >= 11 is 5.93. The monoisotopic (exact) mass is 356 g/mol. The zero-order valence-electron chi connectivity index (χ0n) is 14.2. The van der Waals surface area contributed by atoms with Gasteiger partial charge in [0.2, 0.25) is 6.41 Å². The van der Waals surface area contributed by atoms with Crippen LogP contribution in [0.2, 0.25) is 0 Å². The van der Waals surface area contributed by atoms with Gasteiger partial charge in [0.25, 0.3) is 0 Å². The Morgan fingerprint density at radius 2 is 2.08 bits per heavy atom. The molecule has 0 spiro atoms. The number of rotatable bonds is 6. The molecular formula is C19H21ClN4O. The molecule has 2 aromatic rings. The van der Waals surface area contributed by atoms with Gasteiger partial charge in [-0.05, 0) is 26.0 Å². The third-order valence-electron chi connectivity index (χ3n) is 3.47. The highest BCUT2D eigenvalue weighted by Crippen LogP contribution is 2.31. The third kappa shape index (κ3) is 5.00. The maximum Gasteiger partial charge on any atom is 0.211 e. The summed E-state index contributed by atoms with van der Waals surface area (Å²) in [6.45, 7) is 4.29. The van der Waals surface area contributed by atoms with Crippen molar-refractivity contribution in [3.05, 3.63) is 53.1 Å². The number of nitrogen functional groups attached to an aromatic ring is 1. The molecule has 2 rings (SSSR count). The highest BCUT2D eigenvalue weighted by atomic mass is 35.5. The summed E-state index contributed by atoms with van der Waals surface area (Å²) < 4.78 is 1.71. The minimum atomic E-state index is 0.514. The number of aromatic nitrogens is 2. The first-order valence-electron chi connectivity index (χ1n) is 7.52. The fraction of sp³-hybridized carbons (Fsp3) is 0.158. The Hall–Kier alpha value is -2.97. The summed E-state index contributed by atoms with van der Waals surface area (Å²) in [7, 11) is 0. The summed E-state index contributed by atoms with van der Waals surface area (Å²) in [6, 6.07) is 7.47. The molecule has 0 aliphatic heterocycles. The van der Waals surface area contributed by atoms with Gasteiger partial charge in [-0.3, -0.25) is 4.79 Å². The molecule has 130 valence electrons. The fourth-order valence-corrected chi connectivity index (χ4v) is 2.29. The number of nitrogens with one attached hydrogen (secondary N) is 1. The van der Waals surface area contributed by atoms with Crippen molar-refractivity contribution in [2.75, 3.05) is 11.1 Å². The van der Waals surface area contributed by atoms with Crippen molar-refractivity contribution in [1.82, 2.24) is 9.78 Å². The Morgan fingerprint density at radius 1 is 1.40 bits per heavy atom. The molecule has 5 nitrogen and oxygen atoms in total. The number of halogens is 1. The number of terminal acetylenes is 1. The van der Waals surface area contributed by atoms with Crippen LogP contribution in [0.25, 0.3) is 11.3 Å². The summed E-state index contributed by atoms with van der Waals surface area (Å²) in [5.74, 6) is 0.585. The Kier molecular flexibility index (Phi) is 8.04. The van der Waals surface area contributed by atoms with E-state index >= 15 is 0 Å². The fourth-order valence-electron chi connectivity index (χ4n) is 2.20. The summed E-state index contributed by atoms with van der Waals surface area (Å²) in [5, 5.41) is 7.91. The lowest BCUT2D eigenvalue weighted by atomic mass is 10.1. The van der Waals surface area contributed by atoms with Crippen molar-refractivity contribution in [3.8, 4) is 24.1 Å². The summed E-state index contributed by atoms with van der Waals surface area (Å²) in [6.07, 6.45) is 14.2. The molecular weight excluding hydrogens is 336 g/mol. The van der Waals surface area contributed by atoms with Gasteiger partial charge in [0.1, 0.15) is 5.82 Å². The topological polar surface area (TPSA) is 72.9 Å². The van der Waals surface area contributed by atoms with E-state index in [9.17, 15) is 4.79 Å². The number of hydrogen-bond acceptors (Lipinski definition) is 3. The standard InChI is InChI=1S/C17H19ClN4O.C2H2/c1-3-13(18)7-6-10-22-17(19)12(2)16(21-22)14-8-4-5-9-15(14)20-11-23;1-2/h3-9,11H,10,19H2,1-2H3,(H,20,23);1-2H/b7-6-,13-3+;. The van der Waals surface area contributed by atoms with Crippen molar-refractivity contribution in [3.63, 3.8) is 0 Å². The number of amides is 1. The van der Waals surface area contributed by atoms with Crippen LogP contribution in [-0.4, -0.2) is 16.2 Å². The molecule has 1 amide bonds. The van der Waals surface area contributed by atoms with Crippen molar-refractivity contribution in [2.45, 2.75) is 20.4 Å². The van der Waals surface area contributed by atoms with E-state index in [-0.39, 0.29) is 0 Å². The number of nitrogens with zero attached hydrogens (tertiary/aromatic N) is 2. The molecule has 0 saturated carbocycles. The summed E-state index contributed by atoms with van der Waals surface area (Å²) in [4.78, 5) is 10.8. The van der Waals surface area contributed by atoms with Gasteiger partial charge < -0.3 is 11.1 Å². The molecule has 0 fully saturated rings. The highest BCUT2D eigenvalue weighted by molar-refractivity contribution is 6.31. The van der Waals surface area contributed by atoms with E-state index in [4.69, 9.17) is 17.3 Å². The second-order valence-electron chi connectivity index (χ2n) is 4.92. The van der Waals surface area contributed by atoms with Crippen LogP contribution in [0.3, 0.4) is 0 Å². The Balaban J connectivity index is 0.00000151. The number of anilines is 2. The zero-order valence-corrected chi connectivity index (χ0v) is 15.0. The van der Waals surface area contributed by atoms with Crippen LogP contribution in [0.1, 0.15) is 12.5 Å². The lowest BCUT2D eigenvalue weighted by Gasteiger charge is -2.06. The van der Waals surface area contributed by atoms with E-state index in [0.717, 1.165) is 16.8 Å². The maximum atomic E-state index is 10.8. The molecule has 0 bridgehead atoms. The van der Waals surface area contributed by atoms with Gasteiger partial charge in [0, 0.05) is 21.8 Å². The molecule has 0 atom stereocenters. The van der Waals surface area contributed by atoms with Crippen molar-refractivity contribution >= 4 is 29.5 Å². The number of carbonyl (C=O) groups excluding carboxylic acids is 1. The van der Waals surface area contributed by atoms with E-state index < -0.39 is 0 Å². The SMILES string of the molecule is C#C.C/C=C(Cl)\C=C/Cn1nc(-c2ccccc2NC=O)c(C)c1N. The van der Waals surface area contributed by atoms with E-state index in [2.05, 4.69) is 23.3 Å². The normalized spacial score (nSPS) is 11.0. The van der Waals surface area contributed by atoms with Gasteiger partial charge in [0.05, 0.1) is 12.2 Å². The van der Waals surface area contributed by atoms with Crippen LogP contribution in [-0.2, 0) is 11.3 Å². The number of benzene rings is 1. The average Bonchev–Trinajstić information content (AvgIpc) is 2.92. The number of allylic oxidation sites excluding steroid dienone is 4. The average molecular weight is 357 g/mol. The third-order valence-corrected chi connectivity index (χ3v) is 3.81. The molecule has 1 heterocycles. The lowest BCUT2D eigenvalue weighted by Crippen LogP contribution is -2.03. The zero-order chi connectivity index (χ0) is 18.8. The van der Waals surface area contributed by atoms with Crippen molar-refractivity contribution < 1.29 is 4.79 Å². The van der Waals surface area contributed by atoms with Gasteiger partial charge in [-0.1, -0.05) is 42.0 Å². The molecule has 0 aliphatic carbocycles. The Labute approximate surface area is 153 Å².